The third kappa shape index (κ3) is 3.17. The number of hydrogen-bond donors (Lipinski definition) is 0. The maximum Gasteiger partial charge on any atom is 0.124 e. The van der Waals surface area contributed by atoms with Crippen molar-refractivity contribution in [3.63, 3.8) is 0 Å². The van der Waals surface area contributed by atoms with Crippen molar-refractivity contribution in [1.29, 1.82) is 0 Å². The third-order valence-corrected chi connectivity index (χ3v) is 4.07. The highest BCUT2D eigenvalue weighted by atomic mass is 19.1. The van der Waals surface area contributed by atoms with Gasteiger partial charge in [0.25, 0.3) is 0 Å². The van der Waals surface area contributed by atoms with Crippen molar-refractivity contribution < 1.29 is 9.13 Å². The molecule has 3 unspecified atom stereocenters. The average Bonchev–Trinajstić information content (AvgIpc) is 2.25. The van der Waals surface area contributed by atoms with E-state index in [9.17, 15) is 4.39 Å². The Morgan fingerprint density at radius 2 is 1.94 bits per heavy atom. The summed E-state index contributed by atoms with van der Waals surface area (Å²) in [5.41, 5.74) is 0. The fourth-order valence-corrected chi connectivity index (χ4v) is 2.75. The Morgan fingerprint density at radius 1 is 1.25 bits per heavy atom. The second-order valence-corrected chi connectivity index (χ2v) is 5.67. The Balaban J connectivity index is 1.76. The maximum absolute atomic E-state index is 13.1. The Labute approximate surface area is 98.1 Å². The normalized spacial score (nSPS) is 38.8. The first kappa shape index (κ1) is 12.3. The summed E-state index contributed by atoms with van der Waals surface area (Å²) in [7, 11) is 0. The van der Waals surface area contributed by atoms with Crippen molar-refractivity contribution in [2.24, 2.45) is 11.8 Å². The zero-order valence-electron chi connectivity index (χ0n) is 10.5. The second-order valence-electron chi connectivity index (χ2n) is 5.67. The molecule has 2 aliphatic heterocycles. The maximum atomic E-state index is 13.1. The minimum absolute atomic E-state index is 0.250. The third-order valence-electron chi connectivity index (χ3n) is 4.07. The van der Waals surface area contributed by atoms with Crippen molar-refractivity contribution in [3.05, 3.63) is 0 Å². The van der Waals surface area contributed by atoms with E-state index in [4.69, 9.17) is 4.74 Å². The number of hydrogen-bond acceptors (Lipinski definition) is 2. The van der Waals surface area contributed by atoms with Gasteiger partial charge in [0.1, 0.15) is 6.17 Å². The van der Waals surface area contributed by atoms with Gasteiger partial charge in [0.05, 0.1) is 12.7 Å². The van der Waals surface area contributed by atoms with Gasteiger partial charge >= 0.3 is 0 Å². The van der Waals surface area contributed by atoms with Crippen LogP contribution in [0.15, 0.2) is 0 Å². The van der Waals surface area contributed by atoms with Gasteiger partial charge in [0.2, 0.25) is 0 Å². The highest BCUT2D eigenvalue weighted by Crippen LogP contribution is 2.25. The van der Waals surface area contributed by atoms with E-state index in [1.165, 1.54) is 25.9 Å². The molecule has 0 N–H and O–H groups in total. The van der Waals surface area contributed by atoms with Crippen LogP contribution in [-0.2, 0) is 4.74 Å². The molecule has 0 bridgehead atoms. The molecule has 0 aromatic rings. The van der Waals surface area contributed by atoms with E-state index in [1.807, 2.05) is 0 Å². The van der Waals surface area contributed by atoms with Crippen LogP contribution in [0.2, 0.25) is 0 Å². The first-order valence-electron chi connectivity index (χ1n) is 6.63. The van der Waals surface area contributed by atoms with Crippen molar-refractivity contribution in [2.75, 3.05) is 26.2 Å². The summed E-state index contributed by atoms with van der Waals surface area (Å²) in [6, 6.07) is 0. The van der Waals surface area contributed by atoms with Crippen LogP contribution in [0.5, 0.6) is 0 Å². The van der Waals surface area contributed by atoms with Crippen LogP contribution in [0, 0.1) is 11.8 Å². The zero-order valence-corrected chi connectivity index (χ0v) is 10.5. The topological polar surface area (TPSA) is 12.5 Å². The molecule has 3 atom stereocenters. The lowest BCUT2D eigenvalue weighted by atomic mass is 9.93. The van der Waals surface area contributed by atoms with E-state index in [0.29, 0.717) is 18.9 Å². The summed E-state index contributed by atoms with van der Waals surface area (Å²) < 4.78 is 18.7. The first-order valence-corrected chi connectivity index (χ1v) is 6.63. The predicted octanol–water partition coefficient (Wildman–Crippen LogP) is 2.48. The van der Waals surface area contributed by atoms with Crippen molar-refractivity contribution in [1.82, 2.24) is 4.90 Å². The molecule has 0 aromatic carbocycles. The van der Waals surface area contributed by atoms with Crippen molar-refractivity contribution in [3.8, 4) is 0 Å². The molecule has 94 valence electrons. The number of piperidine rings is 1. The molecular weight excluding hydrogens is 205 g/mol. The number of ether oxygens (including phenoxy) is 1. The van der Waals surface area contributed by atoms with Crippen molar-refractivity contribution >= 4 is 0 Å². The van der Waals surface area contributed by atoms with Gasteiger partial charge in [-0.25, -0.2) is 4.39 Å². The van der Waals surface area contributed by atoms with Crippen LogP contribution in [0.25, 0.3) is 0 Å². The van der Waals surface area contributed by atoms with Crippen LogP contribution in [0.1, 0.15) is 33.1 Å². The van der Waals surface area contributed by atoms with Gasteiger partial charge in [-0.3, -0.25) is 0 Å². The van der Waals surface area contributed by atoms with Gasteiger partial charge in [-0.15, -0.1) is 0 Å². The minimum Gasteiger partial charge on any atom is -0.374 e. The molecule has 0 radical (unpaired) electrons. The van der Waals surface area contributed by atoms with E-state index in [0.717, 1.165) is 12.5 Å². The average molecular weight is 229 g/mol. The van der Waals surface area contributed by atoms with Gasteiger partial charge in [-0.05, 0) is 44.2 Å². The van der Waals surface area contributed by atoms with E-state index in [1.54, 1.807) is 0 Å². The number of halogens is 1. The Morgan fingerprint density at radius 3 is 2.56 bits per heavy atom. The largest absolute Gasteiger partial charge is 0.374 e. The molecule has 16 heavy (non-hydrogen) atoms. The smallest absolute Gasteiger partial charge is 0.124 e. The zero-order chi connectivity index (χ0) is 11.5. The van der Waals surface area contributed by atoms with E-state index in [2.05, 4.69) is 18.7 Å². The van der Waals surface area contributed by atoms with Crippen LogP contribution in [0.3, 0.4) is 0 Å². The van der Waals surface area contributed by atoms with E-state index in [-0.39, 0.29) is 6.10 Å². The Bertz CT molecular complexity index is 216. The van der Waals surface area contributed by atoms with Gasteiger partial charge in [0, 0.05) is 6.54 Å². The molecule has 0 aromatic heterocycles. The molecule has 3 heteroatoms. The standard InChI is InChI=1S/C13H24FNO/c1-10-3-5-15(6-4-10)8-13-11(2)7-12(14)9-16-13/h10-13H,3-9H2,1-2H3. The molecule has 2 heterocycles. The summed E-state index contributed by atoms with van der Waals surface area (Å²) >= 11 is 0. The molecule has 2 aliphatic rings. The molecular formula is C13H24FNO. The number of nitrogens with zero attached hydrogens (tertiary/aromatic N) is 1. The fourth-order valence-electron chi connectivity index (χ4n) is 2.75. The Kier molecular flexibility index (Phi) is 4.20. The monoisotopic (exact) mass is 229 g/mol. The molecule has 2 nitrogen and oxygen atoms in total. The molecule has 2 saturated heterocycles. The molecule has 2 fully saturated rings. The predicted molar refractivity (Wildman–Crippen MR) is 63.3 cm³/mol. The lowest BCUT2D eigenvalue weighted by molar-refractivity contribution is -0.0746. The quantitative estimate of drug-likeness (QED) is 0.721. The summed E-state index contributed by atoms with van der Waals surface area (Å²) in [5.74, 6) is 1.24. The lowest BCUT2D eigenvalue weighted by Crippen LogP contribution is -2.45. The van der Waals surface area contributed by atoms with Crippen LogP contribution < -0.4 is 0 Å². The summed E-state index contributed by atoms with van der Waals surface area (Å²) in [6.45, 7) is 8.12. The number of likely N-dealkylation sites (tertiary alicyclic amines) is 1. The molecule has 2 rings (SSSR count). The molecule has 0 spiro atoms. The highest BCUT2D eigenvalue weighted by molar-refractivity contribution is 4.80. The number of rotatable bonds is 2. The SMILES string of the molecule is CC1CCN(CC2OCC(F)CC2C)CC1. The van der Waals surface area contributed by atoms with Gasteiger partial charge in [-0.2, -0.15) is 0 Å². The van der Waals surface area contributed by atoms with Gasteiger partial charge in [0.15, 0.2) is 0 Å². The van der Waals surface area contributed by atoms with E-state index < -0.39 is 6.17 Å². The lowest BCUT2D eigenvalue weighted by Gasteiger charge is -2.37. The second kappa shape index (κ2) is 5.46. The Hall–Kier alpha value is -0.150. The van der Waals surface area contributed by atoms with Crippen molar-refractivity contribution in [2.45, 2.75) is 45.4 Å². The number of alkyl halides is 1. The van der Waals surface area contributed by atoms with E-state index >= 15 is 0 Å². The summed E-state index contributed by atoms with van der Waals surface area (Å²) in [5, 5.41) is 0. The van der Waals surface area contributed by atoms with Crippen LogP contribution >= 0.6 is 0 Å². The highest BCUT2D eigenvalue weighted by Gasteiger charge is 2.30. The molecule has 0 amide bonds. The summed E-state index contributed by atoms with van der Waals surface area (Å²) in [4.78, 5) is 2.49. The first-order chi connectivity index (χ1) is 7.65. The summed E-state index contributed by atoms with van der Waals surface area (Å²) in [6.07, 6.45) is 2.78. The van der Waals surface area contributed by atoms with Crippen LogP contribution in [0.4, 0.5) is 4.39 Å². The molecule has 0 aliphatic carbocycles. The fraction of sp³-hybridized carbons (Fsp3) is 1.00. The van der Waals surface area contributed by atoms with Gasteiger partial charge < -0.3 is 9.64 Å². The molecule has 0 saturated carbocycles. The van der Waals surface area contributed by atoms with Gasteiger partial charge in [-0.1, -0.05) is 13.8 Å². The van der Waals surface area contributed by atoms with Crippen LogP contribution in [-0.4, -0.2) is 43.4 Å². The minimum atomic E-state index is -0.743.